The Morgan fingerprint density at radius 3 is 2.41 bits per heavy atom. The minimum atomic E-state index is -0.640. The molecule has 186 valence electrons. The zero-order chi connectivity index (χ0) is 25.2. The van der Waals surface area contributed by atoms with Crippen LogP contribution in [0.4, 0.5) is 5.69 Å². The van der Waals surface area contributed by atoms with E-state index >= 15 is 0 Å². The first kappa shape index (κ1) is 29.7. The van der Waals surface area contributed by atoms with Gasteiger partial charge in [-0.05, 0) is 44.2 Å². The molecule has 3 N–H and O–H groups in total. The van der Waals surface area contributed by atoms with Crippen LogP contribution >= 0.6 is 21.6 Å². The number of hydrogen-bond donors (Lipinski definition) is 2. The summed E-state index contributed by atoms with van der Waals surface area (Å²) < 4.78 is 0. The van der Waals surface area contributed by atoms with Gasteiger partial charge in [0.15, 0.2) is 0 Å². The van der Waals surface area contributed by atoms with Crippen LogP contribution in [-0.4, -0.2) is 74.8 Å². The lowest BCUT2D eigenvalue weighted by Crippen LogP contribution is -2.42. The normalized spacial score (nSPS) is 13.8. The maximum atomic E-state index is 12.6. The maximum absolute atomic E-state index is 12.6. The summed E-state index contributed by atoms with van der Waals surface area (Å²) in [7, 11) is 8.02. The quantitative estimate of drug-likeness (QED) is 0.117. The van der Waals surface area contributed by atoms with E-state index in [1.807, 2.05) is 44.4 Å². The van der Waals surface area contributed by atoms with Crippen molar-refractivity contribution in [3.8, 4) is 0 Å². The van der Waals surface area contributed by atoms with Crippen LogP contribution in [0.15, 0.2) is 59.6 Å². The highest BCUT2D eigenvalue weighted by atomic mass is 33.1. The molecule has 1 aromatic carbocycles. The fraction of sp³-hybridized carbons (Fsp3) is 0.400. The Kier molecular flexibility index (Phi) is 15.8. The predicted octanol–water partition coefficient (Wildman–Crippen LogP) is 3.60. The monoisotopic (exact) mass is 503 g/mol. The van der Waals surface area contributed by atoms with Crippen LogP contribution < -0.4 is 16.0 Å². The van der Waals surface area contributed by atoms with Crippen molar-refractivity contribution in [2.45, 2.75) is 24.1 Å². The molecule has 1 rings (SSSR count). The summed E-state index contributed by atoms with van der Waals surface area (Å²) in [6.07, 6.45) is 15.2. The minimum Gasteiger partial charge on any atom is -0.375 e. The van der Waals surface area contributed by atoms with E-state index in [9.17, 15) is 9.59 Å². The van der Waals surface area contributed by atoms with Gasteiger partial charge in [0.2, 0.25) is 0 Å². The van der Waals surface area contributed by atoms with Gasteiger partial charge >= 0.3 is 0 Å². The van der Waals surface area contributed by atoms with Crippen molar-refractivity contribution in [2.75, 3.05) is 45.7 Å². The lowest BCUT2D eigenvalue weighted by atomic mass is 10.2. The van der Waals surface area contributed by atoms with Gasteiger partial charge in [0.05, 0.1) is 0 Å². The summed E-state index contributed by atoms with van der Waals surface area (Å²) in [5.41, 5.74) is 7.85. The van der Waals surface area contributed by atoms with Crippen molar-refractivity contribution in [2.24, 2.45) is 10.7 Å². The molecule has 0 aliphatic heterocycles. The largest absolute Gasteiger partial charge is 0.375 e. The molecule has 34 heavy (non-hydrogen) atoms. The van der Waals surface area contributed by atoms with E-state index < -0.39 is 10.7 Å². The molecular weight excluding hydrogens is 466 g/mol. The van der Waals surface area contributed by atoms with E-state index in [-0.39, 0.29) is 5.91 Å². The first-order valence-electron chi connectivity index (χ1n) is 11.2. The molecule has 0 aromatic heterocycles. The van der Waals surface area contributed by atoms with Crippen LogP contribution in [0.25, 0.3) is 6.08 Å². The van der Waals surface area contributed by atoms with Gasteiger partial charge in [-0.25, -0.2) is 0 Å². The number of anilines is 1. The number of allylic oxidation sites excluding steroid dienone is 5. The van der Waals surface area contributed by atoms with E-state index in [2.05, 4.69) is 45.6 Å². The second kappa shape index (κ2) is 18.1. The van der Waals surface area contributed by atoms with Crippen LogP contribution in [-0.2, 0) is 9.59 Å². The number of aliphatic imine (C=N–C) groups is 1. The van der Waals surface area contributed by atoms with Gasteiger partial charge in [0.25, 0.3) is 5.91 Å². The van der Waals surface area contributed by atoms with E-state index in [0.29, 0.717) is 12.8 Å². The highest BCUT2D eigenvalue weighted by molar-refractivity contribution is 8.77. The van der Waals surface area contributed by atoms with E-state index in [0.717, 1.165) is 30.8 Å². The molecule has 2 unspecified atom stereocenters. The smallest absolute Gasteiger partial charge is 0.250 e. The molecule has 0 spiro atoms. The first-order valence-corrected chi connectivity index (χ1v) is 13.5. The SMILES string of the molecule is CCN=C\C=C/C=C/C=C/c1ccc(N(C)CCCN(C)C(=O)C(NC)SSC(N)C=O)cc1. The van der Waals surface area contributed by atoms with Crippen LogP contribution in [0.3, 0.4) is 0 Å². The summed E-state index contributed by atoms with van der Waals surface area (Å²) >= 11 is 0. The Morgan fingerprint density at radius 2 is 1.76 bits per heavy atom. The minimum absolute atomic E-state index is 0.0319. The first-order chi connectivity index (χ1) is 16.4. The van der Waals surface area contributed by atoms with E-state index in [1.165, 1.54) is 21.6 Å². The van der Waals surface area contributed by atoms with Crippen molar-refractivity contribution in [1.29, 1.82) is 0 Å². The van der Waals surface area contributed by atoms with Crippen LogP contribution in [0.1, 0.15) is 18.9 Å². The fourth-order valence-electron chi connectivity index (χ4n) is 2.75. The molecule has 0 saturated heterocycles. The third kappa shape index (κ3) is 12.2. The molecule has 0 aliphatic carbocycles. The fourth-order valence-corrected chi connectivity index (χ4v) is 4.79. The Balaban J connectivity index is 2.45. The second-order valence-corrected chi connectivity index (χ2v) is 9.92. The number of nitrogens with two attached hydrogens (primary N) is 1. The maximum Gasteiger partial charge on any atom is 0.250 e. The van der Waals surface area contributed by atoms with Crippen LogP contribution in [0.5, 0.6) is 0 Å². The standard InChI is InChI=1S/C25H37N5O2S2/c1-5-28-17-10-8-6-7-9-12-21-13-15-22(16-14-21)29(3)18-11-19-30(4)25(32)24(27-2)34-33-23(26)20-31/h6-10,12-17,20,23-24,27H,5,11,18-19,26H2,1-4H3/b7-6+,10-8-,12-9+,28-17?. The molecule has 0 aliphatic rings. The van der Waals surface area contributed by atoms with Gasteiger partial charge in [-0.3, -0.25) is 15.1 Å². The molecule has 0 saturated carbocycles. The predicted molar refractivity (Wildman–Crippen MR) is 150 cm³/mol. The molecule has 1 aromatic rings. The molecule has 2 atom stereocenters. The number of carbonyl (C=O) groups excluding carboxylic acids is 2. The number of likely N-dealkylation sites (N-methyl/N-ethyl adjacent to an activating group) is 2. The van der Waals surface area contributed by atoms with Crippen LogP contribution in [0.2, 0.25) is 0 Å². The highest BCUT2D eigenvalue weighted by Gasteiger charge is 2.22. The van der Waals surface area contributed by atoms with Gasteiger partial charge in [0.1, 0.15) is 17.0 Å². The topological polar surface area (TPSA) is 91.0 Å². The third-order valence-corrected chi connectivity index (χ3v) is 7.34. The summed E-state index contributed by atoms with van der Waals surface area (Å²) in [6.45, 7) is 4.26. The summed E-state index contributed by atoms with van der Waals surface area (Å²) in [6, 6.07) is 8.37. The summed E-state index contributed by atoms with van der Waals surface area (Å²) in [5, 5.41) is 1.89. The van der Waals surface area contributed by atoms with Crippen molar-refractivity contribution in [3.05, 3.63) is 60.2 Å². The van der Waals surface area contributed by atoms with E-state index in [1.54, 1.807) is 25.2 Å². The lowest BCUT2D eigenvalue weighted by Gasteiger charge is -2.25. The number of nitrogens with one attached hydrogen (secondary N) is 1. The molecule has 7 nitrogen and oxygen atoms in total. The zero-order valence-corrected chi connectivity index (χ0v) is 22.1. The number of benzene rings is 1. The average Bonchev–Trinajstić information content (AvgIpc) is 2.85. The molecule has 0 radical (unpaired) electrons. The Labute approximate surface area is 212 Å². The molecular formula is C25H37N5O2S2. The Morgan fingerprint density at radius 1 is 1.09 bits per heavy atom. The second-order valence-electron chi connectivity index (χ2n) is 7.37. The molecule has 1 amide bonds. The van der Waals surface area contributed by atoms with Gasteiger partial charge in [-0.15, -0.1) is 0 Å². The lowest BCUT2D eigenvalue weighted by molar-refractivity contribution is -0.129. The van der Waals surface area contributed by atoms with Crippen LogP contribution in [0, 0.1) is 0 Å². The molecule has 0 fully saturated rings. The summed E-state index contributed by atoms with van der Waals surface area (Å²) in [5.74, 6) is -0.0319. The van der Waals surface area contributed by atoms with Crippen molar-refractivity contribution < 1.29 is 9.59 Å². The molecule has 0 heterocycles. The average molecular weight is 504 g/mol. The van der Waals surface area contributed by atoms with Gasteiger partial charge in [0, 0.05) is 45.6 Å². The van der Waals surface area contributed by atoms with Gasteiger partial charge in [-0.2, -0.15) is 0 Å². The van der Waals surface area contributed by atoms with Crippen molar-refractivity contribution in [3.63, 3.8) is 0 Å². The van der Waals surface area contributed by atoms with Crippen molar-refractivity contribution in [1.82, 2.24) is 10.2 Å². The number of amides is 1. The highest BCUT2D eigenvalue weighted by Crippen LogP contribution is 2.28. The molecule has 0 bridgehead atoms. The zero-order valence-electron chi connectivity index (χ0n) is 20.5. The van der Waals surface area contributed by atoms with E-state index in [4.69, 9.17) is 5.73 Å². The van der Waals surface area contributed by atoms with Gasteiger partial charge in [-0.1, -0.05) is 64.1 Å². The number of aldehydes is 1. The molecule has 9 heteroatoms. The Hall–Kier alpha value is -2.33. The summed E-state index contributed by atoms with van der Waals surface area (Å²) in [4.78, 5) is 31.3. The van der Waals surface area contributed by atoms with Gasteiger partial charge < -0.3 is 20.3 Å². The van der Waals surface area contributed by atoms with Crippen molar-refractivity contribution >= 4 is 51.8 Å². The Bertz CT molecular complexity index is 840. The number of hydrogen-bond acceptors (Lipinski definition) is 8. The number of rotatable bonds is 16. The number of carbonyl (C=O) groups is 2. The third-order valence-electron chi connectivity index (χ3n) is 4.69. The number of nitrogens with zero attached hydrogens (tertiary/aromatic N) is 3.